The van der Waals surface area contributed by atoms with Crippen molar-refractivity contribution in [3.05, 3.63) is 42.2 Å². The van der Waals surface area contributed by atoms with Gasteiger partial charge in [-0.05, 0) is 34.7 Å². The number of rotatable bonds is 7. The normalized spacial score (nSPS) is 12.9. The summed E-state index contributed by atoms with van der Waals surface area (Å²) < 4.78 is 1.55. The molecular formula is C16H23N5O. The molecule has 0 fully saturated rings. The van der Waals surface area contributed by atoms with Crippen LogP contribution in [0.15, 0.2) is 36.7 Å². The van der Waals surface area contributed by atoms with Crippen molar-refractivity contribution >= 4 is 5.91 Å². The number of aryl methyl sites for hydroxylation is 1. The molecule has 2 rings (SSSR count). The predicted molar refractivity (Wildman–Crippen MR) is 84.1 cm³/mol. The molecule has 0 saturated carbocycles. The topological polar surface area (TPSA) is 72.7 Å². The van der Waals surface area contributed by atoms with Crippen LogP contribution in [0.2, 0.25) is 0 Å². The van der Waals surface area contributed by atoms with Gasteiger partial charge in [0.1, 0.15) is 6.33 Å². The van der Waals surface area contributed by atoms with Crippen LogP contribution in [0.5, 0.6) is 0 Å². The maximum Gasteiger partial charge on any atom is 0.222 e. The van der Waals surface area contributed by atoms with Gasteiger partial charge in [0.25, 0.3) is 0 Å². The first-order valence-electron chi connectivity index (χ1n) is 7.53. The van der Waals surface area contributed by atoms with Crippen LogP contribution in [0.3, 0.4) is 0 Å². The molecule has 1 aromatic carbocycles. The van der Waals surface area contributed by atoms with E-state index in [2.05, 4.69) is 46.8 Å². The molecule has 2 aromatic rings. The van der Waals surface area contributed by atoms with Crippen LogP contribution in [0, 0.1) is 0 Å². The van der Waals surface area contributed by atoms with Crippen LogP contribution < -0.4 is 5.32 Å². The Kier molecular flexibility index (Phi) is 5.25. The van der Waals surface area contributed by atoms with E-state index in [4.69, 9.17) is 0 Å². The van der Waals surface area contributed by atoms with Crippen molar-refractivity contribution in [1.29, 1.82) is 0 Å². The minimum Gasteiger partial charge on any atom is -0.354 e. The van der Waals surface area contributed by atoms with Gasteiger partial charge < -0.3 is 5.32 Å². The van der Waals surface area contributed by atoms with Crippen molar-refractivity contribution in [3.63, 3.8) is 0 Å². The third kappa shape index (κ3) is 4.65. The van der Waals surface area contributed by atoms with E-state index in [9.17, 15) is 4.79 Å². The zero-order chi connectivity index (χ0) is 16.0. The summed E-state index contributed by atoms with van der Waals surface area (Å²) in [5.41, 5.74) is 1.30. The van der Waals surface area contributed by atoms with Gasteiger partial charge in [0, 0.05) is 12.5 Å². The summed E-state index contributed by atoms with van der Waals surface area (Å²) in [4.78, 5) is 12.0. The van der Waals surface area contributed by atoms with Crippen molar-refractivity contribution in [2.75, 3.05) is 0 Å². The molecule has 1 N–H and O–H groups in total. The summed E-state index contributed by atoms with van der Waals surface area (Å²) in [6, 6.07) is 10.5. The van der Waals surface area contributed by atoms with Gasteiger partial charge in [0.2, 0.25) is 5.91 Å². The minimum absolute atomic E-state index is 0.0176. The third-order valence-corrected chi connectivity index (χ3v) is 3.74. The molecule has 0 bridgehead atoms. The molecule has 1 heterocycles. The number of tetrazole rings is 1. The summed E-state index contributed by atoms with van der Waals surface area (Å²) in [6.45, 7) is 6.94. The minimum atomic E-state index is 0.0176. The third-order valence-electron chi connectivity index (χ3n) is 3.74. The Bertz CT molecular complexity index is 580. The van der Waals surface area contributed by atoms with Gasteiger partial charge in [0.15, 0.2) is 0 Å². The van der Waals surface area contributed by atoms with E-state index in [0.29, 0.717) is 13.0 Å². The zero-order valence-electron chi connectivity index (χ0n) is 13.4. The van der Waals surface area contributed by atoms with Gasteiger partial charge in [-0.25, -0.2) is 4.68 Å². The Morgan fingerprint density at radius 2 is 2.05 bits per heavy atom. The van der Waals surface area contributed by atoms with Gasteiger partial charge in [-0.2, -0.15) is 0 Å². The number of nitrogens with zero attached hydrogens (tertiary/aromatic N) is 4. The molecule has 0 aliphatic rings. The smallest absolute Gasteiger partial charge is 0.222 e. The van der Waals surface area contributed by atoms with E-state index < -0.39 is 0 Å². The second-order valence-electron chi connectivity index (χ2n) is 6.25. The number of amides is 1. The van der Waals surface area contributed by atoms with E-state index >= 15 is 0 Å². The van der Waals surface area contributed by atoms with E-state index in [0.717, 1.165) is 6.42 Å². The molecule has 0 spiro atoms. The highest BCUT2D eigenvalue weighted by molar-refractivity contribution is 5.76. The Balaban J connectivity index is 1.81. The highest BCUT2D eigenvalue weighted by Gasteiger charge is 2.23. The van der Waals surface area contributed by atoms with Gasteiger partial charge in [-0.15, -0.1) is 5.10 Å². The molecule has 6 nitrogen and oxygen atoms in total. The number of hydrogen-bond donors (Lipinski definition) is 1. The number of aromatic nitrogens is 4. The van der Waals surface area contributed by atoms with Crippen LogP contribution in [-0.2, 0) is 16.8 Å². The molecule has 118 valence electrons. The predicted octanol–water partition coefficient (Wildman–Crippen LogP) is 1.94. The van der Waals surface area contributed by atoms with Crippen molar-refractivity contribution in [2.45, 2.75) is 51.6 Å². The second kappa shape index (κ2) is 7.15. The lowest BCUT2D eigenvalue weighted by Gasteiger charge is -2.29. The number of carbonyl (C=O) groups excluding carboxylic acids is 1. The maximum atomic E-state index is 12.0. The molecule has 0 aliphatic heterocycles. The number of carbonyl (C=O) groups is 1. The zero-order valence-corrected chi connectivity index (χ0v) is 13.4. The molecule has 1 aromatic heterocycles. The lowest BCUT2D eigenvalue weighted by atomic mass is 9.79. The van der Waals surface area contributed by atoms with Gasteiger partial charge in [-0.1, -0.05) is 44.2 Å². The first kappa shape index (κ1) is 16.1. The summed E-state index contributed by atoms with van der Waals surface area (Å²) in [5.74, 6) is 0.0202. The summed E-state index contributed by atoms with van der Waals surface area (Å²) in [6.07, 6.45) is 2.77. The summed E-state index contributed by atoms with van der Waals surface area (Å²) >= 11 is 0. The standard InChI is InChI=1S/C16H23N5O/c1-13(11-16(2,3)14-7-5-4-6-8-14)18-15(22)9-10-21-12-17-19-20-21/h4-8,12-13H,9-11H2,1-3H3,(H,18,22)/t13-/m0/s1. The van der Waals surface area contributed by atoms with Crippen molar-refractivity contribution < 1.29 is 4.79 Å². The van der Waals surface area contributed by atoms with E-state index in [-0.39, 0.29) is 17.4 Å². The average Bonchev–Trinajstić information content (AvgIpc) is 2.98. The Morgan fingerprint density at radius 1 is 1.32 bits per heavy atom. The van der Waals surface area contributed by atoms with E-state index in [1.54, 1.807) is 4.68 Å². The first-order chi connectivity index (χ1) is 10.5. The highest BCUT2D eigenvalue weighted by Crippen LogP contribution is 2.28. The lowest BCUT2D eigenvalue weighted by Crippen LogP contribution is -2.37. The van der Waals surface area contributed by atoms with Crippen molar-refractivity contribution in [2.24, 2.45) is 0 Å². The van der Waals surface area contributed by atoms with Gasteiger partial charge in [-0.3, -0.25) is 4.79 Å². The van der Waals surface area contributed by atoms with Crippen LogP contribution in [-0.4, -0.2) is 32.2 Å². The van der Waals surface area contributed by atoms with Crippen molar-refractivity contribution in [1.82, 2.24) is 25.5 Å². The second-order valence-corrected chi connectivity index (χ2v) is 6.25. The molecule has 0 saturated heterocycles. The fourth-order valence-corrected chi connectivity index (χ4v) is 2.67. The Hall–Kier alpha value is -2.24. The monoisotopic (exact) mass is 301 g/mol. The fourth-order valence-electron chi connectivity index (χ4n) is 2.67. The molecule has 6 heteroatoms. The van der Waals surface area contributed by atoms with Crippen molar-refractivity contribution in [3.8, 4) is 0 Å². The highest BCUT2D eigenvalue weighted by atomic mass is 16.1. The summed E-state index contributed by atoms with van der Waals surface area (Å²) in [5, 5.41) is 13.9. The average molecular weight is 301 g/mol. The van der Waals surface area contributed by atoms with E-state index in [1.807, 2.05) is 25.1 Å². The maximum absolute atomic E-state index is 12.0. The fraction of sp³-hybridized carbons (Fsp3) is 0.500. The SMILES string of the molecule is C[C@@H](CC(C)(C)c1ccccc1)NC(=O)CCn1cnnn1. The van der Waals surface area contributed by atoms with Crippen LogP contribution in [0.1, 0.15) is 39.2 Å². The molecule has 1 amide bonds. The number of benzene rings is 1. The van der Waals surface area contributed by atoms with Crippen LogP contribution in [0.25, 0.3) is 0 Å². The molecule has 22 heavy (non-hydrogen) atoms. The molecule has 0 unspecified atom stereocenters. The first-order valence-corrected chi connectivity index (χ1v) is 7.53. The quantitative estimate of drug-likeness (QED) is 0.848. The van der Waals surface area contributed by atoms with E-state index in [1.165, 1.54) is 11.9 Å². The van der Waals surface area contributed by atoms with Gasteiger partial charge in [0.05, 0.1) is 6.54 Å². The largest absolute Gasteiger partial charge is 0.354 e. The number of nitrogens with one attached hydrogen (secondary N) is 1. The Morgan fingerprint density at radius 3 is 2.68 bits per heavy atom. The van der Waals surface area contributed by atoms with Crippen LogP contribution >= 0.6 is 0 Å². The summed E-state index contributed by atoms with van der Waals surface area (Å²) in [7, 11) is 0. The molecule has 0 radical (unpaired) electrons. The number of hydrogen-bond acceptors (Lipinski definition) is 4. The molecular weight excluding hydrogens is 278 g/mol. The van der Waals surface area contributed by atoms with Crippen LogP contribution in [0.4, 0.5) is 0 Å². The molecule has 0 aliphatic carbocycles. The Labute approximate surface area is 130 Å². The lowest BCUT2D eigenvalue weighted by molar-refractivity contribution is -0.122. The molecule has 1 atom stereocenters. The van der Waals surface area contributed by atoms with Gasteiger partial charge >= 0.3 is 0 Å².